The van der Waals surface area contributed by atoms with Gasteiger partial charge in [-0.3, -0.25) is 4.68 Å². The summed E-state index contributed by atoms with van der Waals surface area (Å²) < 4.78 is 7.54. The third-order valence-electron chi connectivity index (χ3n) is 3.22. The zero-order chi connectivity index (χ0) is 14.5. The molecule has 1 N–H and O–H groups in total. The normalized spacial score (nSPS) is 10.8. The number of hydrogen-bond donors (Lipinski definition) is 1. The van der Waals surface area contributed by atoms with Crippen LogP contribution in [0.25, 0.3) is 0 Å². The third-order valence-corrected chi connectivity index (χ3v) is 3.22. The molecule has 0 unspecified atom stereocenters. The van der Waals surface area contributed by atoms with Gasteiger partial charge in [0.15, 0.2) is 0 Å². The van der Waals surface area contributed by atoms with Crippen LogP contribution in [0.1, 0.15) is 25.1 Å². The molecule has 1 aromatic carbocycles. The highest BCUT2D eigenvalue weighted by atomic mass is 16.5. The Bertz CT molecular complexity index is 543. The monoisotopic (exact) mass is 273 g/mol. The number of nitrogens with zero attached hydrogens (tertiary/aromatic N) is 2. The van der Waals surface area contributed by atoms with E-state index in [1.165, 1.54) is 5.56 Å². The molecule has 1 aromatic heterocycles. The molecule has 0 atom stereocenters. The highest BCUT2D eigenvalue weighted by Crippen LogP contribution is 2.16. The maximum atomic E-state index is 5.67. The van der Waals surface area contributed by atoms with Crippen molar-refractivity contribution in [2.75, 3.05) is 11.9 Å². The topological polar surface area (TPSA) is 39.1 Å². The number of aromatic nitrogens is 2. The summed E-state index contributed by atoms with van der Waals surface area (Å²) in [5.74, 6) is 1.48. The Kier molecular flexibility index (Phi) is 4.66. The number of hydrogen-bond acceptors (Lipinski definition) is 3. The third kappa shape index (κ3) is 3.76. The summed E-state index contributed by atoms with van der Waals surface area (Å²) in [6.07, 6.45) is 1.86. The van der Waals surface area contributed by atoms with Gasteiger partial charge in [-0.25, -0.2) is 0 Å². The fraction of sp³-hybridized carbons (Fsp3) is 0.438. The number of benzene rings is 1. The van der Waals surface area contributed by atoms with Crippen molar-refractivity contribution in [2.45, 2.75) is 27.3 Å². The van der Waals surface area contributed by atoms with Crippen LogP contribution in [-0.2, 0) is 13.6 Å². The van der Waals surface area contributed by atoms with E-state index in [0.29, 0.717) is 5.92 Å². The summed E-state index contributed by atoms with van der Waals surface area (Å²) >= 11 is 0. The SMILES string of the molecule is Cc1c(NCc2ccc(OCC(C)C)cc2)cnn1C. The van der Waals surface area contributed by atoms with Gasteiger partial charge in [-0.05, 0) is 30.5 Å². The molecule has 2 aromatic rings. The molecular formula is C16H23N3O. The first-order chi connectivity index (χ1) is 9.56. The average molecular weight is 273 g/mol. The Balaban J connectivity index is 1.89. The summed E-state index contributed by atoms with van der Waals surface area (Å²) in [4.78, 5) is 0. The maximum Gasteiger partial charge on any atom is 0.119 e. The smallest absolute Gasteiger partial charge is 0.119 e. The molecule has 0 aliphatic carbocycles. The van der Waals surface area contributed by atoms with Crippen molar-refractivity contribution < 1.29 is 4.74 Å². The second-order valence-corrected chi connectivity index (χ2v) is 5.47. The van der Waals surface area contributed by atoms with Crippen molar-refractivity contribution in [1.82, 2.24) is 9.78 Å². The Labute approximate surface area is 120 Å². The predicted octanol–water partition coefficient (Wildman–Crippen LogP) is 3.38. The standard InChI is InChI=1S/C16H23N3O/c1-12(2)11-20-15-7-5-14(6-8-15)9-17-16-10-18-19(4)13(16)3/h5-8,10,12,17H,9,11H2,1-4H3. The van der Waals surface area contributed by atoms with Gasteiger partial charge >= 0.3 is 0 Å². The van der Waals surface area contributed by atoms with E-state index >= 15 is 0 Å². The first kappa shape index (κ1) is 14.4. The van der Waals surface area contributed by atoms with Crippen molar-refractivity contribution >= 4 is 5.69 Å². The molecule has 0 saturated carbocycles. The zero-order valence-corrected chi connectivity index (χ0v) is 12.7. The lowest BCUT2D eigenvalue weighted by atomic mass is 10.2. The molecule has 1 heterocycles. The Morgan fingerprint density at radius 1 is 1.25 bits per heavy atom. The van der Waals surface area contributed by atoms with Crippen molar-refractivity contribution in [3.63, 3.8) is 0 Å². The van der Waals surface area contributed by atoms with Gasteiger partial charge in [-0.15, -0.1) is 0 Å². The molecule has 0 fully saturated rings. The second kappa shape index (κ2) is 6.46. The van der Waals surface area contributed by atoms with Gasteiger partial charge in [0.05, 0.1) is 24.2 Å². The molecule has 20 heavy (non-hydrogen) atoms. The van der Waals surface area contributed by atoms with Gasteiger partial charge in [0, 0.05) is 13.6 Å². The minimum absolute atomic E-state index is 0.546. The van der Waals surface area contributed by atoms with E-state index in [2.05, 4.69) is 43.3 Å². The first-order valence-corrected chi connectivity index (χ1v) is 7.00. The van der Waals surface area contributed by atoms with E-state index in [1.807, 2.05) is 30.1 Å². The minimum atomic E-state index is 0.546. The highest BCUT2D eigenvalue weighted by Gasteiger charge is 2.03. The van der Waals surface area contributed by atoms with Gasteiger partial charge in [0.25, 0.3) is 0 Å². The van der Waals surface area contributed by atoms with E-state index in [9.17, 15) is 0 Å². The molecule has 0 aliphatic rings. The van der Waals surface area contributed by atoms with Crippen molar-refractivity contribution in [1.29, 1.82) is 0 Å². The van der Waals surface area contributed by atoms with E-state index in [0.717, 1.165) is 30.3 Å². The van der Waals surface area contributed by atoms with Crippen LogP contribution < -0.4 is 10.1 Å². The molecule has 0 aliphatic heterocycles. The number of rotatable bonds is 6. The molecule has 0 radical (unpaired) electrons. The number of anilines is 1. The molecular weight excluding hydrogens is 250 g/mol. The van der Waals surface area contributed by atoms with Gasteiger partial charge in [-0.2, -0.15) is 5.10 Å². The van der Waals surface area contributed by atoms with Crippen LogP contribution in [0.4, 0.5) is 5.69 Å². The van der Waals surface area contributed by atoms with Crippen LogP contribution in [0.2, 0.25) is 0 Å². The summed E-state index contributed by atoms with van der Waals surface area (Å²) in [6, 6.07) is 8.23. The van der Waals surface area contributed by atoms with Gasteiger partial charge in [-0.1, -0.05) is 26.0 Å². The van der Waals surface area contributed by atoms with Gasteiger partial charge in [0.2, 0.25) is 0 Å². The second-order valence-electron chi connectivity index (χ2n) is 5.47. The van der Waals surface area contributed by atoms with Crippen LogP contribution in [0.15, 0.2) is 30.5 Å². The summed E-state index contributed by atoms with van der Waals surface area (Å²) in [5, 5.41) is 7.61. The average Bonchev–Trinajstić information content (AvgIpc) is 2.75. The predicted molar refractivity (Wildman–Crippen MR) is 82.0 cm³/mol. The molecule has 4 nitrogen and oxygen atoms in total. The van der Waals surface area contributed by atoms with E-state index < -0.39 is 0 Å². The molecule has 108 valence electrons. The Morgan fingerprint density at radius 3 is 2.50 bits per heavy atom. The number of nitrogens with one attached hydrogen (secondary N) is 1. The quantitative estimate of drug-likeness (QED) is 0.877. The highest BCUT2D eigenvalue weighted by molar-refractivity contribution is 5.46. The largest absolute Gasteiger partial charge is 0.493 e. The fourth-order valence-corrected chi connectivity index (χ4v) is 1.84. The lowest BCUT2D eigenvalue weighted by Crippen LogP contribution is -2.05. The molecule has 0 saturated heterocycles. The van der Waals surface area contributed by atoms with Crippen LogP contribution in [-0.4, -0.2) is 16.4 Å². The molecule has 2 rings (SSSR count). The van der Waals surface area contributed by atoms with Gasteiger partial charge in [0.1, 0.15) is 5.75 Å². The number of ether oxygens (including phenoxy) is 1. The number of aryl methyl sites for hydroxylation is 1. The lowest BCUT2D eigenvalue weighted by molar-refractivity contribution is 0.271. The van der Waals surface area contributed by atoms with E-state index in [1.54, 1.807) is 0 Å². The molecule has 0 spiro atoms. The lowest BCUT2D eigenvalue weighted by Gasteiger charge is -2.10. The van der Waals surface area contributed by atoms with Crippen molar-refractivity contribution in [3.8, 4) is 5.75 Å². The first-order valence-electron chi connectivity index (χ1n) is 7.00. The van der Waals surface area contributed by atoms with Crippen molar-refractivity contribution in [3.05, 3.63) is 41.7 Å². The van der Waals surface area contributed by atoms with Crippen LogP contribution in [0, 0.1) is 12.8 Å². The van der Waals surface area contributed by atoms with Gasteiger partial charge < -0.3 is 10.1 Å². The Morgan fingerprint density at radius 2 is 1.95 bits per heavy atom. The summed E-state index contributed by atoms with van der Waals surface area (Å²) in [7, 11) is 1.95. The fourth-order valence-electron chi connectivity index (χ4n) is 1.84. The van der Waals surface area contributed by atoms with Crippen LogP contribution >= 0.6 is 0 Å². The zero-order valence-electron chi connectivity index (χ0n) is 12.7. The van der Waals surface area contributed by atoms with E-state index in [-0.39, 0.29) is 0 Å². The summed E-state index contributed by atoms with van der Waals surface area (Å²) in [5.41, 5.74) is 3.44. The Hall–Kier alpha value is -1.97. The van der Waals surface area contributed by atoms with Crippen LogP contribution in [0.5, 0.6) is 5.75 Å². The molecule has 0 amide bonds. The minimum Gasteiger partial charge on any atom is -0.493 e. The van der Waals surface area contributed by atoms with E-state index in [4.69, 9.17) is 4.74 Å². The molecule has 4 heteroatoms. The van der Waals surface area contributed by atoms with Crippen molar-refractivity contribution in [2.24, 2.45) is 13.0 Å². The maximum absolute atomic E-state index is 5.67. The summed E-state index contributed by atoms with van der Waals surface area (Å²) in [6.45, 7) is 7.89. The molecule has 0 bridgehead atoms. The van der Waals surface area contributed by atoms with Crippen LogP contribution in [0.3, 0.4) is 0 Å².